The van der Waals surface area contributed by atoms with Crippen molar-refractivity contribution in [1.82, 2.24) is 0 Å². The van der Waals surface area contributed by atoms with E-state index in [0.717, 1.165) is 0 Å². The number of carbonyl (C=O) groups excluding carboxylic acids is 2. The molecule has 0 bridgehead atoms. The maximum atomic E-state index is 14.8. The Morgan fingerprint density at radius 1 is 1.41 bits per heavy atom. The van der Waals surface area contributed by atoms with Crippen LogP contribution in [0.2, 0.25) is 0 Å². The van der Waals surface area contributed by atoms with Crippen LogP contribution in [0.25, 0.3) is 0 Å². The van der Waals surface area contributed by atoms with Crippen molar-refractivity contribution in [3.63, 3.8) is 0 Å². The molecule has 7 heteroatoms. The molecule has 0 aromatic heterocycles. The molecule has 2 unspecified atom stereocenters. The Balaban J connectivity index is 2.20. The molecule has 0 spiro atoms. The molecule has 5 nitrogen and oxygen atoms in total. The zero-order valence-corrected chi connectivity index (χ0v) is 17.0. The average molecular weight is 438 g/mol. The van der Waals surface area contributed by atoms with E-state index in [1.807, 2.05) is 13.8 Å². The molecule has 0 saturated carbocycles. The summed E-state index contributed by atoms with van der Waals surface area (Å²) in [7, 11) is 0. The molecule has 1 aromatic carbocycles. The Bertz CT molecular complexity index is 862. The fourth-order valence-electron chi connectivity index (χ4n) is 3.79. The van der Waals surface area contributed by atoms with E-state index in [9.17, 15) is 14.0 Å². The van der Waals surface area contributed by atoms with Crippen molar-refractivity contribution in [3.8, 4) is 0 Å². The summed E-state index contributed by atoms with van der Waals surface area (Å²) in [6.45, 7) is 5.65. The lowest BCUT2D eigenvalue weighted by molar-refractivity contribution is -0.146. The number of halogens is 2. The molecule has 0 saturated heterocycles. The van der Waals surface area contributed by atoms with E-state index < -0.39 is 23.6 Å². The van der Waals surface area contributed by atoms with Crippen LogP contribution in [0.1, 0.15) is 45.1 Å². The molecule has 1 heterocycles. The minimum absolute atomic E-state index is 0.116. The van der Waals surface area contributed by atoms with Crippen molar-refractivity contribution < 1.29 is 23.5 Å². The standard InChI is InChI=1S/C20H21BrFNO4/c1-4-26-19(25)17-15(11-6-5-10(21)7-12(11)22)16-13(24)8-20(2,3)9-14(16)27-18(17)23/h5-7,15,17,23H,4,8-9H2,1-3H3. The summed E-state index contributed by atoms with van der Waals surface area (Å²) < 4.78 is 26.0. The predicted octanol–water partition coefficient (Wildman–Crippen LogP) is 4.50. The molecule has 144 valence electrons. The maximum Gasteiger partial charge on any atom is 0.319 e. The first kappa shape index (κ1) is 19.7. The lowest BCUT2D eigenvalue weighted by atomic mass is 9.68. The molecule has 27 heavy (non-hydrogen) atoms. The topological polar surface area (TPSA) is 76.5 Å². The highest BCUT2D eigenvalue weighted by Crippen LogP contribution is 2.48. The fraction of sp³-hybridized carbons (Fsp3) is 0.450. The monoisotopic (exact) mass is 437 g/mol. The van der Waals surface area contributed by atoms with Gasteiger partial charge in [0, 0.05) is 28.8 Å². The van der Waals surface area contributed by atoms with Gasteiger partial charge in [-0.2, -0.15) is 0 Å². The van der Waals surface area contributed by atoms with Crippen LogP contribution in [0, 0.1) is 22.6 Å². The van der Waals surface area contributed by atoms with Gasteiger partial charge in [0.15, 0.2) is 5.78 Å². The van der Waals surface area contributed by atoms with Crippen molar-refractivity contribution in [2.45, 2.75) is 39.5 Å². The van der Waals surface area contributed by atoms with Crippen molar-refractivity contribution in [2.24, 2.45) is 11.3 Å². The molecule has 2 atom stereocenters. The first-order valence-electron chi connectivity index (χ1n) is 8.78. The van der Waals surface area contributed by atoms with Crippen LogP contribution in [-0.4, -0.2) is 24.3 Å². The molecule has 0 amide bonds. The van der Waals surface area contributed by atoms with Crippen LogP contribution in [0.4, 0.5) is 4.39 Å². The van der Waals surface area contributed by atoms with Gasteiger partial charge in [0.25, 0.3) is 0 Å². The number of rotatable bonds is 3. The lowest BCUT2D eigenvalue weighted by Gasteiger charge is -2.40. The Morgan fingerprint density at radius 2 is 2.11 bits per heavy atom. The Hall–Kier alpha value is -2.02. The van der Waals surface area contributed by atoms with Crippen LogP contribution in [-0.2, 0) is 19.1 Å². The number of hydrogen-bond donors (Lipinski definition) is 1. The number of esters is 1. The normalized spacial score (nSPS) is 24.3. The number of benzene rings is 1. The quantitative estimate of drug-likeness (QED) is 0.706. The van der Waals surface area contributed by atoms with E-state index in [0.29, 0.717) is 16.7 Å². The van der Waals surface area contributed by atoms with Gasteiger partial charge >= 0.3 is 5.97 Å². The van der Waals surface area contributed by atoms with Crippen LogP contribution in [0.15, 0.2) is 34.0 Å². The minimum atomic E-state index is -1.19. The van der Waals surface area contributed by atoms with Gasteiger partial charge < -0.3 is 9.47 Å². The van der Waals surface area contributed by atoms with E-state index in [-0.39, 0.29) is 41.3 Å². The van der Waals surface area contributed by atoms with E-state index >= 15 is 0 Å². The number of Topliss-reactive ketones (excluding diaryl/α,β-unsaturated/α-hetero) is 1. The van der Waals surface area contributed by atoms with E-state index in [2.05, 4.69) is 15.9 Å². The third-order valence-electron chi connectivity index (χ3n) is 4.88. The molecule has 0 fully saturated rings. The first-order chi connectivity index (χ1) is 12.6. The number of nitrogens with one attached hydrogen (secondary N) is 1. The van der Waals surface area contributed by atoms with Gasteiger partial charge in [-0.05, 0) is 30.0 Å². The molecule has 1 N–H and O–H groups in total. The van der Waals surface area contributed by atoms with E-state index in [1.165, 1.54) is 12.1 Å². The first-order valence-corrected chi connectivity index (χ1v) is 9.58. The third-order valence-corrected chi connectivity index (χ3v) is 5.37. The molecule has 1 aliphatic carbocycles. The summed E-state index contributed by atoms with van der Waals surface area (Å²) >= 11 is 3.22. The number of ether oxygens (including phenoxy) is 2. The average Bonchev–Trinajstić information content (AvgIpc) is 2.52. The Morgan fingerprint density at radius 3 is 2.74 bits per heavy atom. The minimum Gasteiger partial charge on any atom is -0.465 e. The van der Waals surface area contributed by atoms with Crippen molar-refractivity contribution in [1.29, 1.82) is 5.41 Å². The molecule has 3 rings (SSSR count). The van der Waals surface area contributed by atoms with Gasteiger partial charge in [0.05, 0.1) is 6.61 Å². The predicted molar refractivity (Wildman–Crippen MR) is 101 cm³/mol. The van der Waals surface area contributed by atoms with E-state index in [1.54, 1.807) is 13.0 Å². The summed E-state index contributed by atoms with van der Waals surface area (Å²) in [5.74, 6) is -3.52. The highest BCUT2D eigenvalue weighted by atomic mass is 79.9. The van der Waals surface area contributed by atoms with Gasteiger partial charge in [-0.15, -0.1) is 0 Å². The highest BCUT2D eigenvalue weighted by Gasteiger charge is 2.49. The van der Waals surface area contributed by atoms with Gasteiger partial charge in [-0.3, -0.25) is 15.0 Å². The highest BCUT2D eigenvalue weighted by molar-refractivity contribution is 9.10. The van der Waals surface area contributed by atoms with Gasteiger partial charge in [0.1, 0.15) is 17.5 Å². The molecular weight excluding hydrogens is 417 g/mol. The number of allylic oxidation sites excluding steroid dienone is 2. The van der Waals surface area contributed by atoms with Gasteiger partial charge in [0.2, 0.25) is 5.90 Å². The smallest absolute Gasteiger partial charge is 0.319 e. The van der Waals surface area contributed by atoms with Crippen LogP contribution in [0.3, 0.4) is 0 Å². The third kappa shape index (κ3) is 3.70. The molecule has 0 radical (unpaired) electrons. The zero-order valence-electron chi connectivity index (χ0n) is 15.4. The Labute approximate surface area is 165 Å². The fourth-order valence-corrected chi connectivity index (χ4v) is 4.13. The van der Waals surface area contributed by atoms with Gasteiger partial charge in [-0.25, -0.2) is 4.39 Å². The van der Waals surface area contributed by atoms with Crippen molar-refractivity contribution >= 4 is 33.6 Å². The van der Waals surface area contributed by atoms with Crippen molar-refractivity contribution in [3.05, 3.63) is 45.4 Å². The van der Waals surface area contributed by atoms with Crippen LogP contribution in [0.5, 0.6) is 0 Å². The van der Waals surface area contributed by atoms with Gasteiger partial charge in [-0.1, -0.05) is 35.8 Å². The Kier molecular flexibility index (Phi) is 5.25. The maximum absolute atomic E-state index is 14.8. The number of carbonyl (C=O) groups is 2. The van der Waals surface area contributed by atoms with Crippen molar-refractivity contribution in [2.75, 3.05) is 6.61 Å². The van der Waals surface area contributed by atoms with E-state index in [4.69, 9.17) is 14.9 Å². The zero-order chi connectivity index (χ0) is 19.9. The number of ketones is 1. The molecule has 2 aliphatic rings. The summed E-state index contributed by atoms with van der Waals surface area (Å²) in [6.07, 6.45) is 0.716. The molecule has 1 aromatic rings. The summed E-state index contributed by atoms with van der Waals surface area (Å²) in [4.78, 5) is 25.5. The lowest BCUT2D eigenvalue weighted by Crippen LogP contribution is -2.42. The second-order valence-corrected chi connectivity index (χ2v) is 8.53. The summed E-state index contributed by atoms with van der Waals surface area (Å²) in [6, 6.07) is 4.47. The second kappa shape index (κ2) is 7.19. The SMILES string of the molecule is CCOC(=O)C1C(=N)OC2=C(C(=O)CC(C)(C)C2)C1c1ccc(Br)cc1F. The number of hydrogen-bond acceptors (Lipinski definition) is 5. The summed E-state index contributed by atoms with van der Waals surface area (Å²) in [5.41, 5.74) is 0.143. The summed E-state index contributed by atoms with van der Waals surface area (Å²) in [5, 5.41) is 8.27. The van der Waals surface area contributed by atoms with Crippen LogP contribution >= 0.6 is 15.9 Å². The molecular formula is C20H21BrFNO4. The second-order valence-electron chi connectivity index (χ2n) is 7.62. The largest absolute Gasteiger partial charge is 0.465 e. The van der Waals surface area contributed by atoms with Crippen LogP contribution < -0.4 is 0 Å². The molecule has 1 aliphatic heterocycles.